The summed E-state index contributed by atoms with van der Waals surface area (Å²) < 4.78 is 5.23. The van der Waals surface area contributed by atoms with Crippen LogP contribution < -0.4 is 5.32 Å². The quantitative estimate of drug-likeness (QED) is 0.623. The summed E-state index contributed by atoms with van der Waals surface area (Å²) >= 11 is 0. The van der Waals surface area contributed by atoms with E-state index in [0.29, 0.717) is 0 Å². The van der Waals surface area contributed by atoms with E-state index in [1.807, 2.05) is 20.8 Å². The summed E-state index contributed by atoms with van der Waals surface area (Å²) in [6.07, 6.45) is 6.27. The second-order valence-electron chi connectivity index (χ2n) is 4.14. The number of hydrogen-bond donors (Lipinski definition) is 1. The van der Waals surface area contributed by atoms with E-state index in [1.54, 1.807) is 6.20 Å². The largest absolute Gasteiger partial charge is 0.458 e. The molecule has 0 amide bonds. The molecule has 1 rings (SSSR count). The first-order chi connectivity index (χ1) is 5.99. The van der Waals surface area contributed by atoms with Crippen LogP contribution in [0, 0.1) is 6.08 Å². The van der Waals surface area contributed by atoms with Crippen LogP contribution in [-0.4, -0.2) is 17.6 Å². The van der Waals surface area contributed by atoms with Crippen LogP contribution in [0.5, 0.6) is 0 Å². The number of carbonyl (C=O) groups is 1. The van der Waals surface area contributed by atoms with E-state index in [0.717, 1.165) is 12.8 Å². The zero-order chi connectivity index (χ0) is 9.90. The molecule has 73 valence electrons. The summed E-state index contributed by atoms with van der Waals surface area (Å²) in [5.74, 6) is -0.176. The molecule has 0 aromatic carbocycles. The molecule has 0 bridgehead atoms. The highest BCUT2D eigenvalue weighted by molar-refractivity contribution is 5.76. The lowest BCUT2D eigenvalue weighted by atomic mass is 10.1. The van der Waals surface area contributed by atoms with Gasteiger partial charge >= 0.3 is 5.97 Å². The molecule has 0 fully saturated rings. The van der Waals surface area contributed by atoms with Crippen LogP contribution in [0.15, 0.2) is 6.20 Å². The molecule has 0 aromatic heterocycles. The average Bonchev–Trinajstić information content (AvgIpc) is 2.03. The van der Waals surface area contributed by atoms with E-state index in [-0.39, 0.29) is 12.0 Å². The first-order valence-corrected chi connectivity index (χ1v) is 4.53. The van der Waals surface area contributed by atoms with Gasteiger partial charge in [0, 0.05) is 6.20 Å². The van der Waals surface area contributed by atoms with Gasteiger partial charge < -0.3 is 10.1 Å². The van der Waals surface area contributed by atoms with Crippen LogP contribution in [0.2, 0.25) is 0 Å². The van der Waals surface area contributed by atoms with Gasteiger partial charge in [-0.3, -0.25) is 0 Å². The lowest BCUT2D eigenvalue weighted by Crippen LogP contribution is -2.40. The van der Waals surface area contributed by atoms with Crippen LogP contribution >= 0.6 is 0 Å². The Labute approximate surface area is 79.2 Å². The van der Waals surface area contributed by atoms with E-state index >= 15 is 0 Å². The summed E-state index contributed by atoms with van der Waals surface area (Å²) in [5, 5.41) is 2.93. The minimum atomic E-state index is -0.399. The molecule has 0 aliphatic carbocycles. The molecule has 3 nitrogen and oxygen atoms in total. The maximum atomic E-state index is 11.5. The van der Waals surface area contributed by atoms with Crippen molar-refractivity contribution < 1.29 is 9.53 Å². The Hall–Kier alpha value is -0.990. The van der Waals surface area contributed by atoms with Gasteiger partial charge in [0.2, 0.25) is 0 Å². The normalized spacial score (nSPS) is 22.2. The third kappa shape index (κ3) is 3.49. The predicted molar refractivity (Wildman–Crippen MR) is 49.8 cm³/mol. The molecule has 3 heteroatoms. The van der Waals surface area contributed by atoms with E-state index in [4.69, 9.17) is 4.74 Å². The lowest BCUT2D eigenvalue weighted by Gasteiger charge is -2.25. The summed E-state index contributed by atoms with van der Waals surface area (Å²) in [4.78, 5) is 11.5. The Morgan fingerprint density at radius 2 is 2.31 bits per heavy atom. The highest BCUT2D eigenvalue weighted by Gasteiger charge is 2.24. The van der Waals surface area contributed by atoms with Gasteiger partial charge in [0.1, 0.15) is 11.6 Å². The number of nitrogens with one attached hydrogen (secondary N) is 1. The van der Waals surface area contributed by atoms with Crippen LogP contribution in [0.1, 0.15) is 33.6 Å². The maximum absolute atomic E-state index is 11.5. The third-order valence-corrected chi connectivity index (χ3v) is 1.66. The molecule has 1 aliphatic heterocycles. The Kier molecular flexibility index (Phi) is 2.96. The summed E-state index contributed by atoms with van der Waals surface area (Å²) in [5.41, 5.74) is -0.399. The third-order valence-electron chi connectivity index (χ3n) is 1.66. The molecule has 0 saturated heterocycles. The lowest BCUT2D eigenvalue weighted by molar-refractivity contribution is -0.157. The van der Waals surface area contributed by atoms with Gasteiger partial charge in [0.15, 0.2) is 0 Å². The van der Waals surface area contributed by atoms with Gasteiger partial charge in [-0.2, -0.15) is 0 Å². The minimum absolute atomic E-state index is 0.176. The molecule has 1 heterocycles. The molecule has 13 heavy (non-hydrogen) atoms. The number of esters is 1. The Bertz CT molecular complexity index is 215. The highest BCUT2D eigenvalue weighted by Crippen LogP contribution is 2.12. The van der Waals surface area contributed by atoms with Gasteiger partial charge in [0.25, 0.3) is 0 Å². The van der Waals surface area contributed by atoms with Crippen LogP contribution in [0.4, 0.5) is 0 Å². The highest BCUT2D eigenvalue weighted by atomic mass is 16.6. The van der Waals surface area contributed by atoms with Crippen molar-refractivity contribution in [3.8, 4) is 0 Å². The second kappa shape index (κ2) is 3.81. The Morgan fingerprint density at radius 1 is 1.62 bits per heavy atom. The summed E-state index contributed by atoms with van der Waals surface area (Å²) in [6, 6.07) is -0.194. The van der Waals surface area contributed by atoms with Gasteiger partial charge in [-0.25, -0.2) is 4.79 Å². The predicted octanol–water partition coefficient (Wildman–Crippen LogP) is 1.40. The molecule has 0 spiro atoms. The van der Waals surface area contributed by atoms with E-state index in [2.05, 4.69) is 11.4 Å². The second-order valence-corrected chi connectivity index (χ2v) is 4.14. The number of hydrogen-bond acceptors (Lipinski definition) is 3. The van der Waals surface area contributed by atoms with Crippen molar-refractivity contribution in [3.05, 3.63) is 12.3 Å². The van der Waals surface area contributed by atoms with E-state index < -0.39 is 5.60 Å². The first-order valence-electron chi connectivity index (χ1n) is 4.53. The molecule has 0 saturated carbocycles. The van der Waals surface area contributed by atoms with E-state index in [1.165, 1.54) is 0 Å². The first kappa shape index (κ1) is 10.1. The van der Waals surface area contributed by atoms with E-state index in [9.17, 15) is 4.79 Å². The Balaban J connectivity index is 2.43. The summed E-state index contributed by atoms with van der Waals surface area (Å²) in [7, 11) is 0. The van der Waals surface area contributed by atoms with Crippen molar-refractivity contribution in [2.45, 2.75) is 45.3 Å². The van der Waals surface area contributed by atoms with Crippen LogP contribution in [-0.2, 0) is 9.53 Å². The average molecular weight is 182 g/mol. The SMILES string of the molecule is CC(C)(C)OC(=O)C1CC[C]=CN1. The molecular weight excluding hydrogens is 166 g/mol. The molecule has 0 aromatic rings. The minimum Gasteiger partial charge on any atom is -0.458 e. The number of ether oxygens (including phenoxy) is 1. The van der Waals surface area contributed by atoms with Gasteiger partial charge in [0.05, 0.1) is 0 Å². The number of allylic oxidation sites excluding steroid dienone is 1. The molecule has 1 radical (unpaired) electrons. The van der Waals surface area contributed by atoms with Crippen LogP contribution in [0.25, 0.3) is 0 Å². The standard InChI is InChI=1S/C10H16NO2/c1-10(2,3)13-9(12)8-6-4-5-7-11-8/h7-8,11H,4,6H2,1-3H3. The fourth-order valence-corrected chi connectivity index (χ4v) is 1.10. The van der Waals surface area contributed by atoms with Gasteiger partial charge in [-0.15, -0.1) is 0 Å². The number of rotatable bonds is 1. The monoisotopic (exact) mass is 182 g/mol. The van der Waals surface area contributed by atoms with Gasteiger partial charge in [-0.05, 0) is 39.7 Å². The van der Waals surface area contributed by atoms with Crippen molar-refractivity contribution in [3.63, 3.8) is 0 Å². The number of carbonyl (C=O) groups excluding carboxylic acids is 1. The molecule has 1 atom stereocenters. The van der Waals surface area contributed by atoms with Crippen molar-refractivity contribution in [1.82, 2.24) is 5.32 Å². The maximum Gasteiger partial charge on any atom is 0.329 e. The fourth-order valence-electron chi connectivity index (χ4n) is 1.10. The van der Waals surface area contributed by atoms with Crippen molar-refractivity contribution in [2.75, 3.05) is 0 Å². The smallest absolute Gasteiger partial charge is 0.329 e. The van der Waals surface area contributed by atoms with Crippen molar-refractivity contribution in [2.24, 2.45) is 0 Å². The molecule has 1 N–H and O–H groups in total. The zero-order valence-corrected chi connectivity index (χ0v) is 8.39. The zero-order valence-electron chi connectivity index (χ0n) is 8.39. The molecule has 1 aliphatic rings. The van der Waals surface area contributed by atoms with Crippen molar-refractivity contribution in [1.29, 1.82) is 0 Å². The molecule has 1 unspecified atom stereocenters. The summed E-state index contributed by atoms with van der Waals surface area (Å²) in [6.45, 7) is 5.61. The van der Waals surface area contributed by atoms with Crippen LogP contribution in [0.3, 0.4) is 0 Å². The molecular formula is C10H16NO2. The Morgan fingerprint density at radius 3 is 2.77 bits per heavy atom. The fraction of sp³-hybridized carbons (Fsp3) is 0.700. The topological polar surface area (TPSA) is 38.3 Å². The van der Waals surface area contributed by atoms with Gasteiger partial charge in [-0.1, -0.05) is 0 Å². The van der Waals surface area contributed by atoms with Crippen molar-refractivity contribution >= 4 is 5.97 Å².